The maximum Gasteiger partial charge on any atom is 0.320 e. The SMILES string of the molecule is CC(C)CN(CC(C)C)C(=O)NC(C)Oc1ccc(O)cc1. The molecule has 1 atom stereocenters. The van der Waals surface area contributed by atoms with Gasteiger partial charge in [-0.05, 0) is 43.0 Å². The maximum atomic E-state index is 12.4. The first-order valence-corrected chi connectivity index (χ1v) is 7.79. The number of hydrogen-bond donors (Lipinski definition) is 2. The van der Waals surface area contributed by atoms with Gasteiger partial charge >= 0.3 is 6.03 Å². The molecule has 1 aromatic carbocycles. The Bertz CT molecular complexity index is 447. The molecule has 5 heteroatoms. The first kappa shape index (κ1) is 18.1. The Hall–Kier alpha value is -1.91. The lowest BCUT2D eigenvalue weighted by Crippen LogP contribution is -2.48. The summed E-state index contributed by atoms with van der Waals surface area (Å²) in [4.78, 5) is 14.2. The Morgan fingerprint density at radius 1 is 1.09 bits per heavy atom. The average molecular weight is 308 g/mol. The summed E-state index contributed by atoms with van der Waals surface area (Å²) in [5.41, 5.74) is 0. The van der Waals surface area contributed by atoms with Gasteiger partial charge in [0.2, 0.25) is 0 Å². The van der Waals surface area contributed by atoms with Crippen LogP contribution in [0.1, 0.15) is 34.6 Å². The summed E-state index contributed by atoms with van der Waals surface area (Å²) in [7, 11) is 0. The fourth-order valence-electron chi connectivity index (χ4n) is 2.15. The zero-order valence-corrected chi connectivity index (χ0v) is 14.2. The Balaban J connectivity index is 2.57. The van der Waals surface area contributed by atoms with Crippen molar-refractivity contribution < 1.29 is 14.6 Å². The van der Waals surface area contributed by atoms with E-state index in [0.717, 1.165) is 13.1 Å². The van der Waals surface area contributed by atoms with Crippen LogP contribution in [0.3, 0.4) is 0 Å². The summed E-state index contributed by atoms with van der Waals surface area (Å²) < 4.78 is 5.63. The second-order valence-corrected chi connectivity index (χ2v) is 6.40. The third kappa shape index (κ3) is 6.70. The number of urea groups is 1. The number of nitrogens with one attached hydrogen (secondary N) is 1. The molecule has 124 valence electrons. The summed E-state index contributed by atoms with van der Waals surface area (Å²) in [5, 5.41) is 12.1. The molecule has 1 aromatic rings. The van der Waals surface area contributed by atoms with Crippen molar-refractivity contribution in [3.05, 3.63) is 24.3 Å². The molecule has 0 bridgehead atoms. The van der Waals surface area contributed by atoms with E-state index in [1.54, 1.807) is 31.2 Å². The third-order valence-electron chi connectivity index (χ3n) is 2.93. The second kappa shape index (κ2) is 8.51. The van der Waals surface area contributed by atoms with E-state index < -0.39 is 6.23 Å². The topological polar surface area (TPSA) is 61.8 Å². The number of nitrogens with zero attached hydrogens (tertiary/aromatic N) is 1. The van der Waals surface area contributed by atoms with Gasteiger partial charge in [0.25, 0.3) is 0 Å². The third-order valence-corrected chi connectivity index (χ3v) is 2.93. The van der Waals surface area contributed by atoms with Gasteiger partial charge in [-0.15, -0.1) is 0 Å². The van der Waals surface area contributed by atoms with E-state index in [4.69, 9.17) is 4.74 Å². The van der Waals surface area contributed by atoms with Crippen molar-refractivity contribution in [3.63, 3.8) is 0 Å². The molecule has 5 nitrogen and oxygen atoms in total. The highest BCUT2D eigenvalue weighted by atomic mass is 16.5. The maximum absolute atomic E-state index is 12.4. The minimum absolute atomic E-state index is 0.117. The van der Waals surface area contributed by atoms with Crippen LogP contribution >= 0.6 is 0 Å². The molecular formula is C17H28N2O3. The number of phenolic OH excluding ortho intramolecular Hbond substituents is 1. The zero-order valence-electron chi connectivity index (χ0n) is 14.2. The number of rotatable bonds is 7. The number of benzene rings is 1. The smallest absolute Gasteiger partial charge is 0.320 e. The van der Waals surface area contributed by atoms with E-state index in [1.807, 2.05) is 4.90 Å². The molecule has 0 aliphatic carbocycles. The molecule has 0 saturated heterocycles. The number of carbonyl (C=O) groups is 1. The molecule has 0 fully saturated rings. The zero-order chi connectivity index (χ0) is 16.7. The van der Waals surface area contributed by atoms with E-state index in [-0.39, 0.29) is 11.8 Å². The van der Waals surface area contributed by atoms with Crippen molar-refractivity contribution in [2.45, 2.75) is 40.8 Å². The largest absolute Gasteiger partial charge is 0.508 e. The van der Waals surface area contributed by atoms with Gasteiger partial charge < -0.3 is 20.1 Å². The Kier molecular flexibility index (Phi) is 7.02. The molecule has 0 aromatic heterocycles. The van der Waals surface area contributed by atoms with Gasteiger partial charge in [0.1, 0.15) is 11.5 Å². The Morgan fingerprint density at radius 3 is 2.05 bits per heavy atom. The molecule has 1 unspecified atom stereocenters. The van der Waals surface area contributed by atoms with Crippen LogP contribution < -0.4 is 10.1 Å². The number of amides is 2. The summed E-state index contributed by atoms with van der Waals surface area (Å²) in [6.07, 6.45) is -0.445. The lowest BCUT2D eigenvalue weighted by atomic mass is 10.1. The van der Waals surface area contributed by atoms with E-state index in [9.17, 15) is 9.90 Å². The van der Waals surface area contributed by atoms with Crippen molar-refractivity contribution in [1.82, 2.24) is 10.2 Å². The average Bonchev–Trinajstić information content (AvgIpc) is 2.39. The molecule has 2 N–H and O–H groups in total. The normalized spacial score (nSPS) is 12.3. The predicted octanol–water partition coefficient (Wildman–Crippen LogP) is 3.44. The lowest BCUT2D eigenvalue weighted by Gasteiger charge is -2.28. The van der Waals surface area contributed by atoms with Crippen LogP contribution in [-0.2, 0) is 0 Å². The predicted molar refractivity (Wildman–Crippen MR) is 88.0 cm³/mol. The van der Waals surface area contributed by atoms with E-state index in [2.05, 4.69) is 33.0 Å². The molecule has 0 spiro atoms. The fraction of sp³-hybridized carbons (Fsp3) is 0.588. The second-order valence-electron chi connectivity index (χ2n) is 6.40. The van der Waals surface area contributed by atoms with Crippen molar-refractivity contribution in [2.24, 2.45) is 11.8 Å². The number of aromatic hydroxyl groups is 1. The van der Waals surface area contributed by atoms with Gasteiger partial charge in [0.05, 0.1) is 0 Å². The molecule has 0 aliphatic rings. The molecule has 2 amide bonds. The number of carbonyl (C=O) groups excluding carboxylic acids is 1. The number of ether oxygens (including phenoxy) is 1. The molecule has 0 saturated carbocycles. The van der Waals surface area contributed by atoms with Gasteiger partial charge in [-0.3, -0.25) is 0 Å². The quantitative estimate of drug-likeness (QED) is 0.759. The van der Waals surface area contributed by atoms with E-state index in [0.29, 0.717) is 17.6 Å². The summed E-state index contributed by atoms with van der Waals surface area (Å²) in [6, 6.07) is 6.31. The van der Waals surface area contributed by atoms with Crippen LogP contribution in [0.25, 0.3) is 0 Å². The molecule has 0 aliphatic heterocycles. The van der Waals surface area contributed by atoms with Gasteiger partial charge in [-0.2, -0.15) is 0 Å². The van der Waals surface area contributed by atoms with Crippen molar-refractivity contribution >= 4 is 6.03 Å². The van der Waals surface area contributed by atoms with Gasteiger partial charge in [-0.25, -0.2) is 4.79 Å². The lowest BCUT2D eigenvalue weighted by molar-refractivity contribution is 0.145. The van der Waals surface area contributed by atoms with Crippen LogP contribution in [0, 0.1) is 11.8 Å². The first-order valence-electron chi connectivity index (χ1n) is 7.79. The van der Waals surface area contributed by atoms with Gasteiger partial charge in [-0.1, -0.05) is 27.7 Å². The molecule has 0 heterocycles. The molecule has 1 rings (SSSR count). The van der Waals surface area contributed by atoms with Crippen LogP contribution in [0.5, 0.6) is 11.5 Å². The molecule has 22 heavy (non-hydrogen) atoms. The van der Waals surface area contributed by atoms with Crippen LogP contribution in [0.2, 0.25) is 0 Å². The van der Waals surface area contributed by atoms with Crippen LogP contribution in [0.15, 0.2) is 24.3 Å². The first-order chi connectivity index (χ1) is 10.3. The summed E-state index contributed by atoms with van der Waals surface area (Å²) in [6.45, 7) is 11.6. The highest BCUT2D eigenvalue weighted by Crippen LogP contribution is 2.16. The molecule has 0 radical (unpaired) electrons. The fourth-order valence-corrected chi connectivity index (χ4v) is 2.15. The van der Waals surface area contributed by atoms with Crippen molar-refractivity contribution in [2.75, 3.05) is 13.1 Å². The summed E-state index contributed by atoms with van der Waals surface area (Å²) >= 11 is 0. The van der Waals surface area contributed by atoms with E-state index in [1.165, 1.54) is 0 Å². The Labute approximate surface area is 133 Å². The van der Waals surface area contributed by atoms with Crippen molar-refractivity contribution in [1.29, 1.82) is 0 Å². The number of hydrogen-bond acceptors (Lipinski definition) is 3. The standard InChI is InChI=1S/C17H28N2O3/c1-12(2)10-19(11-13(3)4)17(21)18-14(5)22-16-8-6-15(20)7-9-16/h6-9,12-14,20H,10-11H2,1-5H3,(H,18,21). The monoisotopic (exact) mass is 308 g/mol. The van der Waals surface area contributed by atoms with E-state index >= 15 is 0 Å². The minimum atomic E-state index is -0.445. The van der Waals surface area contributed by atoms with Crippen LogP contribution in [-0.4, -0.2) is 35.4 Å². The van der Waals surface area contributed by atoms with Crippen molar-refractivity contribution in [3.8, 4) is 11.5 Å². The highest BCUT2D eigenvalue weighted by Gasteiger charge is 2.18. The number of phenols is 1. The van der Waals surface area contributed by atoms with Crippen LogP contribution in [0.4, 0.5) is 4.79 Å². The van der Waals surface area contributed by atoms with Gasteiger partial charge in [0, 0.05) is 13.1 Å². The highest BCUT2D eigenvalue weighted by molar-refractivity contribution is 5.74. The summed E-state index contributed by atoms with van der Waals surface area (Å²) in [5.74, 6) is 1.62. The van der Waals surface area contributed by atoms with Gasteiger partial charge in [0.15, 0.2) is 6.23 Å². The minimum Gasteiger partial charge on any atom is -0.508 e. The Morgan fingerprint density at radius 2 is 1.59 bits per heavy atom. The molecular weight excluding hydrogens is 280 g/mol.